The highest BCUT2D eigenvalue weighted by Gasteiger charge is 2.59. The zero-order chi connectivity index (χ0) is 61.2. The summed E-state index contributed by atoms with van der Waals surface area (Å²) in [4.78, 5) is 26.4. The molecule has 482 valence electrons. The third-order valence-electron chi connectivity index (χ3n) is 15.3. The molecule has 22 N–H and O–H groups in total. The lowest BCUT2D eigenvalue weighted by molar-refractivity contribution is -0.389. The van der Waals surface area contributed by atoms with Gasteiger partial charge in [-0.2, -0.15) is 0 Å². The van der Waals surface area contributed by atoms with Gasteiger partial charge >= 0.3 is 0 Å². The van der Waals surface area contributed by atoms with Gasteiger partial charge in [-0.05, 0) is 6.92 Å². The van der Waals surface area contributed by atoms with Crippen molar-refractivity contribution in [3.8, 4) is 0 Å². The molecule has 0 radical (unpaired) electrons. The molecule has 0 spiro atoms. The molecule has 0 saturated carbocycles. The molecule has 7 fully saturated rings. The molecule has 0 aliphatic carbocycles. The highest BCUT2D eigenvalue weighted by Crippen LogP contribution is 2.38. The van der Waals surface area contributed by atoms with Crippen LogP contribution in [0.2, 0.25) is 0 Å². The van der Waals surface area contributed by atoms with Crippen molar-refractivity contribution in [3.63, 3.8) is 0 Å². The van der Waals surface area contributed by atoms with Gasteiger partial charge in [0.25, 0.3) is 0 Å². The Labute approximate surface area is 470 Å². The SMILES string of the molecule is CC(=O)N[C@H]1[C@H](O[C@H]2[C@H](O)[C@@H](CO)O[C@@H](O[C@H]3[C@@H](O)[C@@H](CO[C@@H]4O[C@H](CO)[C@H](O)[C@H](O)[C@H]4O)O[C@@H](O[C@H]4[C@H](O)[C@@H](O)C(O)O[C@@H]4CO)[C@@H]3O)[C@@H]2NC(C)=O)O[C@H](CO)[C@@H](O[C@@H]2O[C@@H](C)[C@@H](O)[C@@H](O)[C@@H]2O)[C@@H]1O[C@@H]1O[C@H](CO)[C@H](O)[C@H](O)[C@H]1O. The number of carbonyl (C=O) groups is 2. The van der Waals surface area contributed by atoms with Gasteiger partial charge in [-0.1, -0.05) is 0 Å². The summed E-state index contributed by atoms with van der Waals surface area (Å²) in [6.07, 6.45) is -64.3. The van der Waals surface area contributed by atoms with Gasteiger partial charge in [-0.15, -0.1) is 0 Å². The Bertz CT molecular complexity index is 2040. The molecule has 35 atom stereocenters. The van der Waals surface area contributed by atoms with E-state index in [0.29, 0.717) is 0 Å². The highest BCUT2D eigenvalue weighted by molar-refractivity contribution is 5.73. The van der Waals surface area contributed by atoms with Gasteiger partial charge in [0.15, 0.2) is 44.0 Å². The molecule has 7 saturated heterocycles. The molecule has 0 aromatic rings. The van der Waals surface area contributed by atoms with E-state index in [-0.39, 0.29) is 0 Å². The van der Waals surface area contributed by atoms with Crippen LogP contribution >= 0.6 is 0 Å². The van der Waals surface area contributed by atoms with Crippen LogP contribution in [-0.2, 0) is 71.2 Å². The molecule has 7 heterocycles. The predicted molar refractivity (Wildman–Crippen MR) is 254 cm³/mol. The van der Waals surface area contributed by atoms with Crippen LogP contribution in [0.5, 0.6) is 0 Å². The zero-order valence-electron chi connectivity index (χ0n) is 44.5. The number of ether oxygens (including phenoxy) is 13. The second-order valence-electron chi connectivity index (χ2n) is 21.1. The molecule has 1 unspecified atom stereocenters. The largest absolute Gasteiger partial charge is 0.394 e. The van der Waals surface area contributed by atoms with Crippen molar-refractivity contribution in [1.29, 1.82) is 0 Å². The fraction of sp³-hybridized carbons (Fsp3) is 0.957. The molecule has 37 nitrogen and oxygen atoms in total. The number of nitrogens with one attached hydrogen (secondary N) is 2. The van der Waals surface area contributed by atoms with E-state index in [0.717, 1.165) is 13.8 Å². The second kappa shape index (κ2) is 29.3. The monoisotopic (exact) mass is 1220 g/mol. The molecule has 0 aromatic heterocycles. The average molecular weight is 1220 g/mol. The quantitative estimate of drug-likeness (QED) is 0.0538. The summed E-state index contributed by atoms with van der Waals surface area (Å²) >= 11 is 0. The minimum absolute atomic E-state index is 0.887. The number of rotatable bonds is 20. The Hall–Kier alpha value is -2.38. The van der Waals surface area contributed by atoms with E-state index < -0.39 is 266 Å². The number of carbonyl (C=O) groups excluding carboxylic acids is 2. The van der Waals surface area contributed by atoms with Gasteiger partial charge in [0.2, 0.25) is 11.8 Å². The van der Waals surface area contributed by atoms with Gasteiger partial charge in [0.05, 0.1) is 45.7 Å². The standard InChI is InChI=1S/C46H78N2O35/c1-10-21(56)26(61)32(67)44(72-10)80-36-17(8-53)77-42(20(48-12(3)55)38(36)82-45-33(68)28(63)23(58)14(5-50)76-45)81-37-19(47-11(2)54)41(74-15(6-51)24(37)59)83-39-25(60)18(9-71-43-31(66)27(62)22(57)13(4-49)75-43)78-46(34(39)69)79-35-16(7-52)73-40(70)30(65)29(35)64/h10,13-46,49-53,56-70H,4-9H2,1-3H3,(H,47,54)(H,48,55)/t10-,13+,14+,15+,16+,17+,18+,19+,20+,21+,22-,23-,24+,25-,26+,27-,28-,29+,30+,31+,32-,33+,34+,35+,36+,37+,38+,39-,40?,41-,42-,43+,44-,45-,46-/m0/s1. The summed E-state index contributed by atoms with van der Waals surface area (Å²) < 4.78 is 76.0. The van der Waals surface area contributed by atoms with Crippen molar-refractivity contribution in [2.24, 2.45) is 0 Å². The zero-order valence-corrected chi connectivity index (χ0v) is 44.5. The van der Waals surface area contributed by atoms with Crippen molar-refractivity contribution in [3.05, 3.63) is 0 Å². The number of aliphatic hydroxyl groups is 20. The minimum atomic E-state index is -2.32. The maximum atomic E-state index is 13.2. The fourth-order valence-electron chi connectivity index (χ4n) is 10.6. The van der Waals surface area contributed by atoms with Gasteiger partial charge in [-0.25, -0.2) is 0 Å². The van der Waals surface area contributed by atoms with Crippen LogP contribution in [-0.4, -0.2) is 368 Å². The van der Waals surface area contributed by atoms with Crippen LogP contribution in [0.1, 0.15) is 20.8 Å². The maximum Gasteiger partial charge on any atom is 0.217 e. The Morgan fingerprint density at radius 2 is 0.711 bits per heavy atom. The molecule has 0 bridgehead atoms. The molecule has 7 rings (SSSR count). The molecule has 0 aromatic carbocycles. The first-order chi connectivity index (χ1) is 39.2. The first kappa shape index (κ1) is 68.1. The summed E-state index contributed by atoms with van der Waals surface area (Å²) in [5, 5.41) is 220. The van der Waals surface area contributed by atoms with Gasteiger partial charge in [0, 0.05) is 13.8 Å². The van der Waals surface area contributed by atoms with Crippen molar-refractivity contribution in [2.75, 3.05) is 39.6 Å². The lowest BCUT2D eigenvalue weighted by atomic mass is 9.93. The molecular formula is C46H78N2O35. The molecule has 83 heavy (non-hydrogen) atoms. The van der Waals surface area contributed by atoms with E-state index in [9.17, 15) is 112 Å². The average Bonchev–Trinajstić information content (AvgIpc) is 2.99. The summed E-state index contributed by atoms with van der Waals surface area (Å²) in [5.41, 5.74) is 0. The van der Waals surface area contributed by atoms with E-state index in [2.05, 4.69) is 10.6 Å². The molecular weight excluding hydrogens is 1140 g/mol. The third-order valence-corrected chi connectivity index (χ3v) is 15.3. The van der Waals surface area contributed by atoms with E-state index in [1.54, 1.807) is 0 Å². The Kier molecular flexibility index (Phi) is 24.0. The van der Waals surface area contributed by atoms with Gasteiger partial charge in [-0.3, -0.25) is 9.59 Å². The predicted octanol–water partition coefficient (Wildman–Crippen LogP) is -15.0. The lowest BCUT2D eigenvalue weighted by Gasteiger charge is -2.52. The smallest absolute Gasteiger partial charge is 0.217 e. The summed E-state index contributed by atoms with van der Waals surface area (Å²) in [6.45, 7) is -2.79. The minimum Gasteiger partial charge on any atom is -0.394 e. The van der Waals surface area contributed by atoms with Crippen molar-refractivity contribution in [2.45, 2.75) is 236 Å². The molecule has 7 aliphatic heterocycles. The maximum absolute atomic E-state index is 13.2. The normalized spacial score (nSPS) is 50.8. The van der Waals surface area contributed by atoms with Crippen LogP contribution < -0.4 is 10.6 Å². The molecule has 7 aliphatic rings. The van der Waals surface area contributed by atoms with E-state index in [1.165, 1.54) is 6.92 Å². The lowest BCUT2D eigenvalue weighted by Crippen LogP contribution is -2.72. The van der Waals surface area contributed by atoms with Crippen LogP contribution in [0.15, 0.2) is 0 Å². The van der Waals surface area contributed by atoms with Gasteiger partial charge in [0.1, 0.15) is 165 Å². The number of aliphatic hydroxyl groups excluding tert-OH is 20. The first-order valence-electron chi connectivity index (χ1n) is 26.5. The van der Waals surface area contributed by atoms with Crippen molar-refractivity contribution < 1.29 is 173 Å². The molecule has 37 heteroatoms. The van der Waals surface area contributed by atoms with Crippen LogP contribution in [0.3, 0.4) is 0 Å². The van der Waals surface area contributed by atoms with Crippen LogP contribution in [0.25, 0.3) is 0 Å². The summed E-state index contributed by atoms with van der Waals surface area (Å²) in [6, 6.07) is -3.84. The Morgan fingerprint density at radius 1 is 0.337 bits per heavy atom. The van der Waals surface area contributed by atoms with E-state index in [4.69, 9.17) is 61.6 Å². The van der Waals surface area contributed by atoms with Crippen molar-refractivity contribution >= 4 is 11.8 Å². The number of hydrogen-bond acceptors (Lipinski definition) is 35. The number of hydrogen-bond donors (Lipinski definition) is 22. The highest BCUT2D eigenvalue weighted by atomic mass is 16.8. The first-order valence-corrected chi connectivity index (χ1v) is 26.5. The molecule has 2 amide bonds. The van der Waals surface area contributed by atoms with Crippen LogP contribution in [0, 0.1) is 0 Å². The fourth-order valence-corrected chi connectivity index (χ4v) is 10.6. The number of amides is 2. The Balaban J connectivity index is 1.24. The van der Waals surface area contributed by atoms with Crippen LogP contribution in [0.4, 0.5) is 0 Å². The topological polar surface area (TPSA) is 583 Å². The third kappa shape index (κ3) is 14.7. The van der Waals surface area contributed by atoms with E-state index >= 15 is 0 Å². The summed E-state index contributed by atoms with van der Waals surface area (Å²) in [5.74, 6) is -1.87. The summed E-state index contributed by atoms with van der Waals surface area (Å²) in [7, 11) is 0. The van der Waals surface area contributed by atoms with E-state index in [1.807, 2.05) is 0 Å². The van der Waals surface area contributed by atoms with Gasteiger partial charge < -0.3 is 174 Å². The second-order valence-corrected chi connectivity index (χ2v) is 21.1. The Morgan fingerprint density at radius 3 is 1.25 bits per heavy atom. The van der Waals surface area contributed by atoms with Crippen molar-refractivity contribution in [1.82, 2.24) is 10.6 Å².